The summed E-state index contributed by atoms with van der Waals surface area (Å²) in [5.74, 6) is 0.751. The van der Waals surface area contributed by atoms with Crippen LogP contribution in [0.25, 0.3) is 10.9 Å². The molecule has 0 saturated carbocycles. The van der Waals surface area contributed by atoms with Crippen molar-refractivity contribution in [1.29, 1.82) is 0 Å². The summed E-state index contributed by atoms with van der Waals surface area (Å²) in [6, 6.07) is 8.35. The SMILES string of the molecule is CC(C)(C)C1CCc2nc3ccccc3c(C(=O)N3CCC(N)CC3)c2C1.Cl.Cl. The first-order valence-corrected chi connectivity index (χ1v) is 10.3. The maximum absolute atomic E-state index is 13.6. The summed E-state index contributed by atoms with van der Waals surface area (Å²) in [5.41, 5.74) is 10.5. The number of pyridine rings is 1. The molecule has 1 aromatic carbocycles. The number of rotatable bonds is 1. The molecule has 4 nitrogen and oxygen atoms in total. The Bertz CT molecular complexity index is 870. The molecule has 1 amide bonds. The molecule has 1 unspecified atom stereocenters. The second-order valence-corrected chi connectivity index (χ2v) is 9.36. The van der Waals surface area contributed by atoms with E-state index in [0.29, 0.717) is 5.92 Å². The third-order valence-corrected chi connectivity index (χ3v) is 6.52. The third kappa shape index (κ3) is 4.70. The fourth-order valence-corrected chi connectivity index (χ4v) is 4.63. The molecule has 2 heterocycles. The van der Waals surface area contributed by atoms with Crippen molar-refractivity contribution in [1.82, 2.24) is 9.88 Å². The van der Waals surface area contributed by atoms with Gasteiger partial charge in [0, 0.05) is 30.2 Å². The number of nitrogens with zero attached hydrogens (tertiary/aromatic N) is 2. The molecule has 1 aliphatic carbocycles. The number of nitrogens with two attached hydrogens (primary N) is 1. The van der Waals surface area contributed by atoms with Gasteiger partial charge >= 0.3 is 0 Å². The number of piperidine rings is 1. The van der Waals surface area contributed by atoms with Gasteiger partial charge in [-0.15, -0.1) is 24.8 Å². The number of halogens is 2. The number of amides is 1. The maximum atomic E-state index is 13.6. The third-order valence-electron chi connectivity index (χ3n) is 6.52. The van der Waals surface area contributed by atoms with Crippen LogP contribution in [0.15, 0.2) is 24.3 Å². The van der Waals surface area contributed by atoms with Gasteiger partial charge in [0.1, 0.15) is 0 Å². The molecule has 29 heavy (non-hydrogen) atoms. The zero-order valence-electron chi connectivity index (χ0n) is 17.6. The Morgan fingerprint density at radius 1 is 1.10 bits per heavy atom. The molecule has 1 fully saturated rings. The highest BCUT2D eigenvalue weighted by molar-refractivity contribution is 6.07. The predicted octanol–water partition coefficient (Wildman–Crippen LogP) is 4.79. The number of para-hydroxylation sites is 1. The Balaban J connectivity index is 0.00000150. The van der Waals surface area contributed by atoms with E-state index in [4.69, 9.17) is 10.7 Å². The highest BCUT2D eigenvalue weighted by Gasteiger charge is 2.34. The number of carbonyl (C=O) groups excluding carboxylic acids is 1. The molecule has 1 aromatic heterocycles. The van der Waals surface area contributed by atoms with E-state index < -0.39 is 0 Å². The van der Waals surface area contributed by atoms with E-state index in [-0.39, 0.29) is 42.2 Å². The van der Waals surface area contributed by atoms with Crippen molar-refractivity contribution >= 4 is 41.6 Å². The van der Waals surface area contributed by atoms with Crippen LogP contribution in [0.1, 0.15) is 61.6 Å². The Labute approximate surface area is 186 Å². The zero-order valence-corrected chi connectivity index (χ0v) is 19.2. The van der Waals surface area contributed by atoms with Crippen LogP contribution in [0.4, 0.5) is 0 Å². The number of hydrogen-bond donors (Lipinski definition) is 1. The largest absolute Gasteiger partial charge is 0.339 e. The summed E-state index contributed by atoms with van der Waals surface area (Å²) >= 11 is 0. The van der Waals surface area contributed by atoms with Crippen LogP contribution in [-0.4, -0.2) is 34.9 Å². The lowest BCUT2D eigenvalue weighted by Crippen LogP contribution is -2.43. The van der Waals surface area contributed by atoms with Crippen molar-refractivity contribution in [2.45, 2.75) is 58.9 Å². The lowest BCUT2D eigenvalue weighted by molar-refractivity contribution is 0.0714. The van der Waals surface area contributed by atoms with Crippen molar-refractivity contribution in [3.05, 3.63) is 41.1 Å². The standard InChI is InChI=1S/C23H31N3O.2ClH/c1-23(2,3)15-8-9-20-18(14-15)21(17-6-4-5-7-19(17)25-20)22(27)26-12-10-16(24)11-13-26;;/h4-7,15-16H,8-14,24H2,1-3H3;2*1H. The molecule has 0 bridgehead atoms. The topological polar surface area (TPSA) is 59.2 Å². The number of fused-ring (bicyclic) bond motifs is 2. The molecule has 6 heteroatoms. The van der Waals surface area contributed by atoms with Crippen molar-refractivity contribution in [2.24, 2.45) is 17.1 Å². The van der Waals surface area contributed by atoms with Crippen LogP contribution in [0.2, 0.25) is 0 Å². The number of aromatic nitrogens is 1. The number of aryl methyl sites for hydroxylation is 1. The van der Waals surface area contributed by atoms with E-state index in [2.05, 4.69) is 26.8 Å². The second kappa shape index (κ2) is 9.20. The first kappa shape index (κ1) is 23.9. The van der Waals surface area contributed by atoms with Gasteiger partial charge in [-0.2, -0.15) is 0 Å². The first-order valence-electron chi connectivity index (χ1n) is 10.3. The highest BCUT2D eigenvalue weighted by Crippen LogP contribution is 2.39. The predicted molar refractivity (Wildman–Crippen MR) is 124 cm³/mol. The van der Waals surface area contributed by atoms with Crippen molar-refractivity contribution in [2.75, 3.05) is 13.1 Å². The van der Waals surface area contributed by atoms with E-state index in [1.165, 1.54) is 5.56 Å². The average molecular weight is 438 g/mol. The molecule has 2 N–H and O–H groups in total. The molecular weight excluding hydrogens is 405 g/mol. The minimum Gasteiger partial charge on any atom is -0.339 e. The molecule has 1 saturated heterocycles. The van der Waals surface area contributed by atoms with Gasteiger partial charge in [0.05, 0.1) is 11.1 Å². The zero-order chi connectivity index (χ0) is 19.2. The maximum Gasteiger partial charge on any atom is 0.254 e. The van der Waals surface area contributed by atoms with Gasteiger partial charge < -0.3 is 10.6 Å². The Morgan fingerprint density at radius 2 is 1.76 bits per heavy atom. The van der Waals surface area contributed by atoms with Crippen molar-refractivity contribution in [3.8, 4) is 0 Å². The molecule has 1 aliphatic heterocycles. The van der Waals surface area contributed by atoms with Gasteiger partial charge in [-0.3, -0.25) is 9.78 Å². The van der Waals surface area contributed by atoms with E-state index in [9.17, 15) is 4.79 Å². The molecular formula is C23H33Cl2N3O. The monoisotopic (exact) mass is 437 g/mol. The van der Waals surface area contributed by atoms with Crippen molar-refractivity contribution < 1.29 is 4.79 Å². The molecule has 0 radical (unpaired) electrons. The van der Waals surface area contributed by atoms with Crippen LogP contribution >= 0.6 is 24.8 Å². The molecule has 0 spiro atoms. The van der Waals surface area contributed by atoms with E-state index >= 15 is 0 Å². The summed E-state index contributed by atoms with van der Waals surface area (Å²) in [4.78, 5) is 20.6. The Hall–Kier alpha value is -1.36. The smallest absolute Gasteiger partial charge is 0.254 e. The van der Waals surface area contributed by atoms with E-state index in [1.807, 2.05) is 23.1 Å². The summed E-state index contributed by atoms with van der Waals surface area (Å²) < 4.78 is 0. The fourth-order valence-electron chi connectivity index (χ4n) is 4.63. The second-order valence-electron chi connectivity index (χ2n) is 9.36. The van der Waals surface area contributed by atoms with Gasteiger partial charge in [-0.25, -0.2) is 0 Å². The van der Waals surface area contributed by atoms with Gasteiger partial charge in [0.15, 0.2) is 0 Å². The summed E-state index contributed by atoms with van der Waals surface area (Å²) in [5, 5.41) is 1.01. The van der Waals surface area contributed by atoms with Crippen LogP contribution in [0.3, 0.4) is 0 Å². The van der Waals surface area contributed by atoms with Crippen LogP contribution in [0.5, 0.6) is 0 Å². The van der Waals surface area contributed by atoms with Crippen molar-refractivity contribution in [3.63, 3.8) is 0 Å². The minimum atomic E-state index is 0. The van der Waals surface area contributed by atoms with Crippen LogP contribution in [0, 0.1) is 11.3 Å². The highest BCUT2D eigenvalue weighted by atomic mass is 35.5. The van der Waals surface area contributed by atoms with Gasteiger partial charge in [-0.1, -0.05) is 39.0 Å². The number of likely N-dealkylation sites (tertiary alicyclic amines) is 1. The van der Waals surface area contributed by atoms with Crippen LogP contribution in [-0.2, 0) is 12.8 Å². The molecule has 160 valence electrons. The Morgan fingerprint density at radius 3 is 2.41 bits per heavy atom. The summed E-state index contributed by atoms with van der Waals surface area (Å²) in [7, 11) is 0. The summed E-state index contributed by atoms with van der Waals surface area (Å²) in [6.07, 6.45) is 4.84. The lowest BCUT2D eigenvalue weighted by atomic mass is 9.70. The fraction of sp³-hybridized carbons (Fsp3) is 0.565. The first-order chi connectivity index (χ1) is 12.8. The number of benzene rings is 1. The average Bonchev–Trinajstić information content (AvgIpc) is 2.65. The number of carbonyl (C=O) groups is 1. The quantitative estimate of drug-likeness (QED) is 0.696. The van der Waals surface area contributed by atoms with Gasteiger partial charge in [0.2, 0.25) is 0 Å². The minimum absolute atomic E-state index is 0. The lowest BCUT2D eigenvalue weighted by Gasteiger charge is -2.36. The van der Waals surface area contributed by atoms with Gasteiger partial charge in [-0.05, 0) is 55.1 Å². The normalized spacial score (nSPS) is 19.9. The molecule has 2 aliphatic rings. The Kier molecular flexibility index (Phi) is 7.58. The molecule has 1 atom stereocenters. The summed E-state index contributed by atoms with van der Waals surface area (Å²) in [6.45, 7) is 8.45. The van der Waals surface area contributed by atoms with E-state index in [0.717, 1.165) is 67.4 Å². The van der Waals surface area contributed by atoms with Gasteiger partial charge in [0.25, 0.3) is 5.91 Å². The number of hydrogen-bond acceptors (Lipinski definition) is 3. The van der Waals surface area contributed by atoms with Crippen LogP contribution < -0.4 is 5.73 Å². The molecule has 2 aromatic rings. The van der Waals surface area contributed by atoms with E-state index in [1.54, 1.807) is 0 Å². The molecule has 4 rings (SSSR count).